The SMILES string of the molecule is C=C(C#N)/C=C(/Br)C(=C)Cl. The first-order valence-corrected chi connectivity index (χ1v) is 3.56. The van der Waals surface area contributed by atoms with Crippen molar-refractivity contribution in [2.45, 2.75) is 0 Å². The number of nitriles is 1. The fraction of sp³-hybridized carbons (Fsp3) is 0. The zero-order chi connectivity index (χ0) is 8.15. The van der Waals surface area contributed by atoms with Crippen molar-refractivity contribution in [1.82, 2.24) is 0 Å². The minimum atomic E-state index is 0.341. The van der Waals surface area contributed by atoms with Crippen molar-refractivity contribution in [3.05, 3.63) is 34.3 Å². The molecule has 0 N–H and O–H groups in total. The molecule has 0 spiro atoms. The number of nitrogens with zero attached hydrogens (tertiary/aromatic N) is 1. The van der Waals surface area contributed by atoms with E-state index in [0.29, 0.717) is 15.1 Å². The summed E-state index contributed by atoms with van der Waals surface area (Å²) in [6.07, 6.45) is 1.51. The maximum Gasteiger partial charge on any atom is 0.0985 e. The maximum atomic E-state index is 8.28. The summed E-state index contributed by atoms with van der Waals surface area (Å²) in [5, 5.41) is 8.64. The molecule has 0 bridgehead atoms. The zero-order valence-electron chi connectivity index (χ0n) is 5.19. The highest BCUT2D eigenvalue weighted by Crippen LogP contribution is 2.19. The molecule has 0 atom stereocenters. The summed E-state index contributed by atoms with van der Waals surface area (Å²) >= 11 is 8.57. The van der Waals surface area contributed by atoms with Crippen LogP contribution in [0.4, 0.5) is 0 Å². The van der Waals surface area contributed by atoms with Crippen molar-refractivity contribution >= 4 is 27.5 Å². The first-order chi connectivity index (χ1) is 4.57. The molecule has 0 heterocycles. The van der Waals surface area contributed by atoms with Crippen LogP contribution in [0.25, 0.3) is 0 Å². The van der Waals surface area contributed by atoms with Gasteiger partial charge in [0.1, 0.15) is 0 Å². The second-order valence-electron chi connectivity index (χ2n) is 1.53. The van der Waals surface area contributed by atoms with Crippen LogP contribution in [0, 0.1) is 11.3 Å². The van der Waals surface area contributed by atoms with Crippen LogP contribution in [-0.4, -0.2) is 0 Å². The van der Waals surface area contributed by atoms with Gasteiger partial charge in [-0.25, -0.2) is 0 Å². The van der Waals surface area contributed by atoms with Crippen molar-refractivity contribution in [2.75, 3.05) is 0 Å². The molecule has 0 unspecified atom stereocenters. The Labute approximate surface area is 73.4 Å². The molecular weight excluding hydrogens is 213 g/mol. The van der Waals surface area contributed by atoms with Gasteiger partial charge in [0.2, 0.25) is 0 Å². The van der Waals surface area contributed by atoms with E-state index in [1.165, 1.54) is 6.08 Å². The number of hydrogen-bond acceptors (Lipinski definition) is 1. The Balaban J connectivity index is 4.35. The van der Waals surface area contributed by atoms with E-state index >= 15 is 0 Å². The number of halogens is 2. The first kappa shape index (κ1) is 9.48. The molecule has 0 saturated heterocycles. The predicted octanol–water partition coefficient (Wildman–Crippen LogP) is 3.10. The molecule has 0 aromatic carbocycles. The van der Waals surface area contributed by atoms with E-state index in [4.69, 9.17) is 16.9 Å². The van der Waals surface area contributed by atoms with Crippen molar-refractivity contribution < 1.29 is 0 Å². The van der Waals surface area contributed by atoms with Crippen LogP contribution in [0.2, 0.25) is 0 Å². The van der Waals surface area contributed by atoms with Gasteiger partial charge in [0.25, 0.3) is 0 Å². The van der Waals surface area contributed by atoms with Gasteiger partial charge in [-0.3, -0.25) is 0 Å². The van der Waals surface area contributed by atoms with Gasteiger partial charge in [0, 0.05) is 15.1 Å². The van der Waals surface area contributed by atoms with Crippen molar-refractivity contribution in [2.24, 2.45) is 0 Å². The standard InChI is InChI=1S/C7H5BrClN/c1-5(4-10)3-7(8)6(2)9/h3H,1-2H2/b7-3+. The van der Waals surface area contributed by atoms with Gasteiger partial charge in [-0.05, 0) is 22.0 Å². The summed E-state index contributed by atoms with van der Waals surface area (Å²) in [6, 6.07) is 1.85. The lowest BCUT2D eigenvalue weighted by Crippen LogP contribution is -1.71. The van der Waals surface area contributed by atoms with Gasteiger partial charge in [0.15, 0.2) is 0 Å². The molecule has 0 fully saturated rings. The van der Waals surface area contributed by atoms with E-state index in [2.05, 4.69) is 29.1 Å². The van der Waals surface area contributed by atoms with E-state index in [-0.39, 0.29) is 0 Å². The fourth-order valence-electron chi connectivity index (χ4n) is 0.264. The largest absolute Gasteiger partial charge is 0.192 e. The Hall–Kier alpha value is -0.520. The minimum Gasteiger partial charge on any atom is -0.192 e. The van der Waals surface area contributed by atoms with Crippen molar-refractivity contribution in [1.29, 1.82) is 5.26 Å². The van der Waals surface area contributed by atoms with Gasteiger partial charge in [-0.2, -0.15) is 5.26 Å². The van der Waals surface area contributed by atoms with Crippen LogP contribution < -0.4 is 0 Å². The molecule has 52 valence electrons. The summed E-state index contributed by atoms with van der Waals surface area (Å²) in [4.78, 5) is 0. The highest BCUT2D eigenvalue weighted by Gasteiger charge is 1.93. The third-order valence-corrected chi connectivity index (χ3v) is 1.84. The third kappa shape index (κ3) is 3.49. The second kappa shape index (κ2) is 4.32. The average molecular weight is 218 g/mol. The molecule has 0 aliphatic carbocycles. The van der Waals surface area contributed by atoms with Gasteiger partial charge < -0.3 is 0 Å². The fourth-order valence-corrected chi connectivity index (χ4v) is 0.594. The molecule has 0 aliphatic rings. The van der Waals surface area contributed by atoms with Crippen LogP contribution >= 0.6 is 27.5 Å². The molecular formula is C7H5BrClN. The van der Waals surface area contributed by atoms with Crippen LogP contribution in [0.15, 0.2) is 34.3 Å². The molecule has 0 radical (unpaired) electrons. The monoisotopic (exact) mass is 217 g/mol. The summed E-state index contributed by atoms with van der Waals surface area (Å²) in [5.74, 6) is 0. The number of hydrogen-bond donors (Lipinski definition) is 0. The van der Waals surface area contributed by atoms with Crippen molar-refractivity contribution in [3.8, 4) is 6.07 Å². The quantitative estimate of drug-likeness (QED) is 0.516. The van der Waals surface area contributed by atoms with E-state index in [9.17, 15) is 0 Å². The highest BCUT2D eigenvalue weighted by atomic mass is 79.9. The molecule has 0 saturated carbocycles. The lowest BCUT2D eigenvalue weighted by Gasteiger charge is -1.90. The molecule has 3 heteroatoms. The number of rotatable bonds is 2. The smallest absolute Gasteiger partial charge is 0.0985 e. The van der Waals surface area contributed by atoms with E-state index in [1.54, 1.807) is 0 Å². The van der Waals surface area contributed by atoms with Gasteiger partial charge in [-0.15, -0.1) is 0 Å². The Morgan fingerprint density at radius 3 is 2.40 bits per heavy atom. The summed E-state index contributed by atoms with van der Waals surface area (Å²) in [6.45, 7) is 6.87. The van der Waals surface area contributed by atoms with Crippen LogP contribution in [-0.2, 0) is 0 Å². The normalized spacial score (nSPS) is 10.3. The van der Waals surface area contributed by atoms with Crippen LogP contribution in [0.5, 0.6) is 0 Å². The Morgan fingerprint density at radius 2 is 2.10 bits per heavy atom. The predicted molar refractivity (Wildman–Crippen MR) is 46.8 cm³/mol. The Kier molecular flexibility index (Phi) is 4.10. The topological polar surface area (TPSA) is 23.8 Å². The summed E-state index contributed by atoms with van der Waals surface area (Å²) in [7, 11) is 0. The second-order valence-corrected chi connectivity index (χ2v) is 2.84. The minimum absolute atomic E-state index is 0.341. The van der Waals surface area contributed by atoms with Crippen LogP contribution in [0.3, 0.4) is 0 Å². The maximum absolute atomic E-state index is 8.28. The third-order valence-electron chi connectivity index (χ3n) is 0.704. The Bertz CT molecular complexity index is 234. The van der Waals surface area contributed by atoms with Gasteiger partial charge >= 0.3 is 0 Å². The first-order valence-electron chi connectivity index (χ1n) is 2.39. The lowest BCUT2D eigenvalue weighted by atomic mass is 10.3. The number of allylic oxidation sites excluding steroid dienone is 4. The average Bonchev–Trinajstić information content (AvgIpc) is 1.87. The lowest BCUT2D eigenvalue weighted by molar-refractivity contribution is 1.50. The molecule has 0 aromatic heterocycles. The van der Waals surface area contributed by atoms with Gasteiger partial charge in [0.05, 0.1) is 6.07 Å². The molecule has 0 aromatic rings. The zero-order valence-corrected chi connectivity index (χ0v) is 7.54. The van der Waals surface area contributed by atoms with Crippen molar-refractivity contribution in [3.63, 3.8) is 0 Å². The molecule has 10 heavy (non-hydrogen) atoms. The van der Waals surface area contributed by atoms with E-state index < -0.39 is 0 Å². The van der Waals surface area contributed by atoms with E-state index in [1.807, 2.05) is 6.07 Å². The highest BCUT2D eigenvalue weighted by molar-refractivity contribution is 9.12. The van der Waals surface area contributed by atoms with E-state index in [0.717, 1.165) is 0 Å². The van der Waals surface area contributed by atoms with Gasteiger partial charge in [-0.1, -0.05) is 24.8 Å². The molecule has 0 amide bonds. The Morgan fingerprint density at radius 1 is 1.60 bits per heavy atom. The molecule has 1 nitrogen and oxygen atoms in total. The molecule has 0 aliphatic heterocycles. The molecule has 0 rings (SSSR count). The summed E-state index contributed by atoms with van der Waals surface area (Å²) in [5.41, 5.74) is 0.341. The summed E-state index contributed by atoms with van der Waals surface area (Å²) < 4.78 is 0.584. The van der Waals surface area contributed by atoms with Crippen LogP contribution in [0.1, 0.15) is 0 Å².